The van der Waals surface area contributed by atoms with Crippen molar-refractivity contribution < 1.29 is 0 Å². The van der Waals surface area contributed by atoms with Crippen LogP contribution in [0.15, 0.2) is 18.5 Å². The van der Waals surface area contributed by atoms with Crippen LogP contribution >= 0.6 is 0 Å². The summed E-state index contributed by atoms with van der Waals surface area (Å²) in [5.41, 5.74) is 1.16. The molecule has 1 unspecified atom stereocenters. The third-order valence-corrected chi connectivity index (χ3v) is 3.56. The van der Waals surface area contributed by atoms with Crippen LogP contribution in [0.25, 0.3) is 0 Å². The van der Waals surface area contributed by atoms with Crippen LogP contribution < -0.4 is 5.32 Å². The normalized spacial score (nSPS) is 13.2. The smallest absolute Gasteiger partial charge is 0.0683 e. The predicted octanol–water partition coefficient (Wildman–Crippen LogP) is 3.88. The first-order valence-corrected chi connectivity index (χ1v) is 7.32. The van der Waals surface area contributed by atoms with Gasteiger partial charge in [0, 0.05) is 25.0 Å². The van der Waals surface area contributed by atoms with E-state index >= 15 is 0 Å². The van der Waals surface area contributed by atoms with Crippen molar-refractivity contribution in [2.75, 3.05) is 6.54 Å². The third-order valence-electron chi connectivity index (χ3n) is 3.56. The van der Waals surface area contributed by atoms with Crippen LogP contribution in [0, 0.1) is 16.7 Å². The maximum atomic E-state index is 8.99. The number of nitrogens with zero attached hydrogens (tertiary/aromatic N) is 2. The number of hydrogen-bond acceptors (Lipinski definition) is 2. The minimum atomic E-state index is -0.203. The average Bonchev–Trinajstić information content (AvgIpc) is 2.84. The van der Waals surface area contributed by atoms with Gasteiger partial charge in [-0.05, 0) is 51.3 Å². The molecule has 3 nitrogen and oxygen atoms in total. The molecule has 1 heterocycles. The Bertz CT molecular complexity index is 412. The van der Waals surface area contributed by atoms with Crippen molar-refractivity contribution in [3.8, 4) is 6.07 Å². The van der Waals surface area contributed by atoms with Crippen molar-refractivity contribution in [1.29, 1.82) is 5.26 Å². The summed E-state index contributed by atoms with van der Waals surface area (Å²) in [5.74, 6) is 0. The summed E-state index contributed by atoms with van der Waals surface area (Å²) in [6, 6.07) is 5.02. The largest absolute Gasteiger partial charge is 0.354 e. The molecule has 1 rings (SSSR count). The molecule has 1 aromatic heterocycles. The van der Waals surface area contributed by atoms with Crippen LogP contribution in [0.3, 0.4) is 0 Å². The zero-order valence-corrected chi connectivity index (χ0v) is 12.7. The monoisotopic (exact) mass is 261 g/mol. The van der Waals surface area contributed by atoms with Crippen LogP contribution in [-0.4, -0.2) is 11.1 Å². The highest BCUT2D eigenvalue weighted by Gasteiger charge is 2.15. The van der Waals surface area contributed by atoms with E-state index in [2.05, 4.69) is 48.3 Å². The summed E-state index contributed by atoms with van der Waals surface area (Å²) in [6.45, 7) is 10.4. The molecule has 0 saturated carbocycles. The molecule has 0 amide bonds. The minimum absolute atomic E-state index is 0.203. The van der Waals surface area contributed by atoms with Crippen molar-refractivity contribution in [2.45, 2.75) is 59.5 Å². The van der Waals surface area contributed by atoms with E-state index in [1.807, 2.05) is 13.8 Å². The lowest BCUT2D eigenvalue weighted by atomic mass is 9.90. The van der Waals surface area contributed by atoms with Gasteiger partial charge in [-0.25, -0.2) is 0 Å². The van der Waals surface area contributed by atoms with E-state index in [1.54, 1.807) is 0 Å². The van der Waals surface area contributed by atoms with Gasteiger partial charge in [0.2, 0.25) is 0 Å². The lowest BCUT2D eigenvalue weighted by molar-refractivity contribution is 0.415. The fourth-order valence-corrected chi connectivity index (χ4v) is 2.31. The van der Waals surface area contributed by atoms with Crippen molar-refractivity contribution in [3.63, 3.8) is 0 Å². The van der Waals surface area contributed by atoms with E-state index in [0.29, 0.717) is 6.04 Å². The second-order valence-corrected chi connectivity index (χ2v) is 5.80. The molecule has 19 heavy (non-hydrogen) atoms. The molecule has 0 aromatic carbocycles. The lowest BCUT2D eigenvalue weighted by Crippen LogP contribution is -2.19. The van der Waals surface area contributed by atoms with E-state index < -0.39 is 0 Å². The van der Waals surface area contributed by atoms with E-state index in [9.17, 15) is 0 Å². The maximum Gasteiger partial charge on any atom is 0.0683 e. The molecule has 1 atom stereocenters. The van der Waals surface area contributed by atoms with Gasteiger partial charge in [-0.3, -0.25) is 0 Å². The van der Waals surface area contributed by atoms with Gasteiger partial charge in [0.25, 0.3) is 0 Å². The SMILES string of the molecule is CCNC(CC)c1ccn(CCCC(C)(C)C#N)c1. The molecular weight excluding hydrogens is 234 g/mol. The summed E-state index contributed by atoms with van der Waals surface area (Å²) in [6.07, 6.45) is 7.48. The Morgan fingerprint density at radius 1 is 1.42 bits per heavy atom. The topological polar surface area (TPSA) is 40.8 Å². The molecule has 0 aliphatic carbocycles. The first-order valence-electron chi connectivity index (χ1n) is 7.32. The summed E-state index contributed by atoms with van der Waals surface area (Å²) >= 11 is 0. The Morgan fingerprint density at radius 2 is 2.16 bits per heavy atom. The van der Waals surface area contributed by atoms with Gasteiger partial charge in [-0.1, -0.05) is 13.8 Å². The number of aromatic nitrogens is 1. The molecule has 0 fully saturated rings. The highest BCUT2D eigenvalue weighted by atomic mass is 15.0. The van der Waals surface area contributed by atoms with Crippen molar-refractivity contribution in [2.24, 2.45) is 5.41 Å². The standard InChI is InChI=1S/C16H27N3/c1-5-15(18-6-2)14-8-11-19(12-14)10-7-9-16(3,4)13-17/h8,11-12,15,18H,5-7,9-10H2,1-4H3. The fourth-order valence-electron chi connectivity index (χ4n) is 2.31. The molecular formula is C16H27N3. The first-order chi connectivity index (χ1) is 9.02. The molecule has 3 heteroatoms. The zero-order chi connectivity index (χ0) is 14.3. The lowest BCUT2D eigenvalue weighted by Gasteiger charge is -2.15. The van der Waals surface area contributed by atoms with Crippen LogP contribution in [0.4, 0.5) is 0 Å². The van der Waals surface area contributed by atoms with Crippen LogP contribution in [0.1, 0.15) is 58.6 Å². The van der Waals surface area contributed by atoms with E-state index in [0.717, 1.165) is 32.4 Å². The zero-order valence-electron chi connectivity index (χ0n) is 12.7. The van der Waals surface area contributed by atoms with E-state index in [-0.39, 0.29) is 5.41 Å². The summed E-state index contributed by atoms with van der Waals surface area (Å²) < 4.78 is 2.24. The third kappa shape index (κ3) is 5.08. The van der Waals surface area contributed by atoms with E-state index in [4.69, 9.17) is 5.26 Å². The number of rotatable bonds is 8. The van der Waals surface area contributed by atoms with Crippen molar-refractivity contribution >= 4 is 0 Å². The second-order valence-electron chi connectivity index (χ2n) is 5.80. The maximum absolute atomic E-state index is 8.99. The van der Waals surface area contributed by atoms with Gasteiger partial charge in [0.15, 0.2) is 0 Å². The minimum Gasteiger partial charge on any atom is -0.354 e. The summed E-state index contributed by atoms with van der Waals surface area (Å²) in [7, 11) is 0. The number of nitrogens with one attached hydrogen (secondary N) is 1. The van der Waals surface area contributed by atoms with Crippen LogP contribution in [-0.2, 0) is 6.54 Å². The highest BCUT2D eigenvalue weighted by molar-refractivity contribution is 5.15. The fraction of sp³-hybridized carbons (Fsp3) is 0.688. The van der Waals surface area contributed by atoms with Crippen molar-refractivity contribution in [1.82, 2.24) is 9.88 Å². The second kappa shape index (κ2) is 7.35. The van der Waals surface area contributed by atoms with Gasteiger partial charge in [-0.2, -0.15) is 5.26 Å². The Balaban J connectivity index is 2.49. The molecule has 0 aliphatic rings. The quantitative estimate of drug-likeness (QED) is 0.771. The van der Waals surface area contributed by atoms with Gasteiger partial charge in [-0.15, -0.1) is 0 Å². The Hall–Kier alpha value is -1.27. The molecule has 0 radical (unpaired) electrons. The highest BCUT2D eigenvalue weighted by Crippen LogP contribution is 2.22. The molecule has 0 bridgehead atoms. The molecule has 0 saturated heterocycles. The van der Waals surface area contributed by atoms with Gasteiger partial charge >= 0.3 is 0 Å². The summed E-state index contributed by atoms with van der Waals surface area (Å²) in [4.78, 5) is 0. The van der Waals surface area contributed by atoms with Gasteiger partial charge < -0.3 is 9.88 Å². The van der Waals surface area contributed by atoms with Crippen LogP contribution in [0.2, 0.25) is 0 Å². The molecule has 0 spiro atoms. The Kier molecular flexibility index (Phi) is 6.11. The van der Waals surface area contributed by atoms with Crippen molar-refractivity contribution in [3.05, 3.63) is 24.0 Å². The number of hydrogen-bond donors (Lipinski definition) is 1. The Labute approximate surface area is 117 Å². The Morgan fingerprint density at radius 3 is 2.74 bits per heavy atom. The molecule has 106 valence electrons. The number of nitriles is 1. The molecule has 0 aliphatic heterocycles. The van der Waals surface area contributed by atoms with E-state index in [1.165, 1.54) is 5.56 Å². The number of aryl methyl sites for hydroxylation is 1. The average molecular weight is 261 g/mol. The molecule has 1 N–H and O–H groups in total. The first kappa shape index (κ1) is 15.8. The summed E-state index contributed by atoms with van der Waals surface area (Å²) in [5, 5.41) is 12.5. The predicted molar refractivity (Wildman–Crippen MR) is 79.8 cm³/mol. The van der Waals surface area contributed by atoms with Crippen LogP contribution in [0.5, 0.6) is 0 Å². The van der Waals surface area contributed by atoms with Gasteiger partial charge in [0.1, 0.15) is 0 Å². The molecule has 1 aromatic rings. The van der Waals surface area contributed by atoms with Gasteiger partial charge in [0.05, 0.1) is 11.5 Å².